The number of carboxylic acid groups (broad SMARTS) is 1. The van der Waals surface area contributed by atoms with Gasteiger partial charge in [0.25, 0.3) is 0 Å². The molecule has 3 heteroatoms. The zero-order valence-electron chi connectivity index (χ0n) is 9.49. The Kier molecular flexibility index (Phi) is 2.34. The highest BCUT2D eigenvalue weighted by molar-refractivity contribution is 5.75. The van der Waals surface area contributed by atoms with Crippen molar-refractivity contribution >= 4 is 5.97 Å². The van der Waals surface area contributed by atoms with E-state index in [0.717, 1.165) is 19.3 Å². The highest BCUT2D eigenvalue weighted by atomic mass is 16.4. The molecule has 0 spiro atoms. The van der Waals surface area contributed by atoms with Crippen molar-refractivity contribution in [2.24, 2.45) is 17.3 Å². The molecule has 3 nitrogen and oxygen atoms in total. The Morgan fingerprint density at radius 1 is 1.33 bits per heavy atom. The molecule has 3 saturated carbocycles. The fourth-order valence-corrected chi connectivity index (χ4v) is 3.58. The lowest BCUT2D eigenvalue weighted by Gasteiger charge is -2.55. The van der Waals surface area contributed by atoms with Gasteiger partial charge in [0.15, 0.2) is 0 Å². The molecule has 0 heterocycles. The molecule has 15 heavy (non-hydrogen) atoms. The first kappa shape index (κ1) is 10.9. The molecule has 0 unspecified atom stereocenters. The second-order valence-electron chi connectivity index (χ2n) is 5.56. The van der Waals surface area contributed by atoms with Crippen LogP contribution in [0.2, 0.25) is 0 Å². The molecule has 4 atom stereocenters. The number of aliphatic carboxylic acids is 1. The predicted octanol–water partition coefficient (Wildman–Crippen LogP) is 2.04. The first-order chi connectivity index (χ1) is 6.92. The average Bonchev–Trinajstić information content (AvgIpc) is 2.20. The molecule has 0 aromatic heterocycles. The summed E-state index contributed by atoms with van der Waals surface area (Å²) in [7, 11) is 0. The van der Waals surface area contributed by atoms with E-state index in [1.807, 2.05) is 13.8 Å². The molecule has 86 valence electrons. The fraction of sp³-hybridized carbons (Fsp3) is 0.917. The van der Waals surface area contributed by atoms with Gasteiger partial charge in [-0.15, -0.1) is 0 Å². The van der Waals surface area contributed by atoms with Crippen molar-refractivity contribution in [3.05, 3.63) is 0 Å². The van der Waals surface area contributed by atoms with Crippen LogP contribution in [0.3, 0.4) is 0 Å². The van der Waals surface area contributed by atoms with Gasteiger partial charge in [-0.2, -0.15) is 0 Å². The topological polar surface area (TPSA) is 57.5 Å². The molecule has 0 amide bonds. The summed E-state index contributed by atoms with van der Waals surface area (Å²) in [6.45, 7) is 3.85. The highest BCUT2D eigenvalue weighted by Crippen LogP contribution is 2.57. The summed E-state index contributed by atoms with van der Waals surface area (Å²) in [5.41, 5.74) is -1.18. The van der Waals surface area contributed by atoms with Crippen molar-refractivity contribution in [2.45, 2.75) is 51.6 Å². The van der Waals surface area contributed by atoms with Crippen molar-refractivity contribution in [3.8, 4) is 0 Å². The number of carbonyl (C=O) groups is 1. The van der Waals surface area contributed by atoms with Crippen LogP contribution < -0.4 is 0 Å². The SMILES string of the molecule is CC[C@]1(O)C[C@@H]2CC[C@H]1C[C@]2(C)C(=O)O. The van der Waals surface area contributed by atoms with Gasteiger partial charge < -0.3 is 10.2 Å². The Morgan fingerprint density at radius 3 is 2.33 bits per heavy atom. The minimum atomic E-state index is -0.685. The Balaban J connectivity index is 2.26. The van der Waals surface area contributed by atoms with Gasteiger partial charge in [0.1, 0.15) is 0 Å². The summed E-state index contributed by atoms with van der Waals surface area (Å²) < 4.78 is 0. The van der Waals surface area contributed by atoms with Gasteiger partial charge in [-0.3, -0.25) is 4.79 Å². The van der Waals surface area contributed by atoms with Crippen LogP contribution in [0, 0.1) is 17.3 Å². The van der Waals surface area contributed by atoms with Crippen LogP contribution in [0.15, 0.2) is 0 Å². The summed E-state index contributed by atoms with van der Waals surface area (Å²) in [6, 6.07) is 0. The van der Waals surface area contributed by atoms with Crippen LogP contribution in [0.1, 0.15) is 46.0 Å². The summed E-state index contributed by atoms with van der Waals surface area (Å²) in [5.74, 6) is -0.339. The molecule has 2 bridgehead atoms. The molecule has 2 N–H and O–H groups in total. The Bertz CT molecular complexity index is 289. The van der Waals surface area contributed by atoms with Gasteiger partial charge >= 0.3 is 5.97 Å². The average molecular weight is 212 g/mol. The lowest BCUT2D eigenvalue weighted by molar-refractivity contribution is -0.180. The first-order valence-electron chi connectivity index (χ1n) is 5.88. The largest absolute Gasteiger partial charge is 0.481 e. The molecule has 3 aliphatic rings. The Labute approximate surface area is 90.5 Å². The number of aliphatic hydroxyl groups is 1. The van der Waals surface area contributed by atoms with Gasteiger partial charge in [0.2, 0.25) is 0 Å². The third-order valence-corrected chi connectivity index (χ3v) is 4.90. The maximum atomic E-state index is 11.3. The molecule has 3 aliphatic carbocycles. The van der Waals surface area contributed by atoms with E-state index in [2.05, 4.69) is 0 Å². The molecular weight excluding hydrogens is 192 g/mol. The molecule has 0 radical (unpaired) electrons. The second-order valence-corrected chi connectivity index (χ2v) is 5.56. The van der Waals surface area contributed by atoms with E-state index in [4.69, 9.17) is 0 Å². The van der Waals surface area contributed by atoms with E-state index >= 15 is 0 Å². The highest BCUT2D eigenvalue weighted by Gasteiger charge is 2.57. The number of hydrogen-bond acceptors (Lipinski definition) is 2. The van der Waals surface area contributed by atoms with Gasteiger partial charge in [-0.05, 0) is 50.9 Å². The van der Waals surface area contributed by atoms with Crippen molar-refractivity contribution in [3.63, 3.8) is 0 Å². The quantitative estimate of drug-likeness (QED) is 0.736. The van der Waals surface area contributed by atoms with E-state index in [-0.39, 0.29) is 11.8 Å². The van der Waals surface area contributed by atoms with E-state index in [1.165, 1.54) is 0 Å². The van der Waals surface area contributed by atoms with Crippen LogP contribution in [0.5, 0.6) is 0 Å². The third-order valence-electron chi connectivity index (χ3n) is 4.90. The summed E-state index contributed by atoms with van der Waals surface area (Å²) >= 11 is 0. The van der Waals surface area contributed by atoms with Crippen LogP contribution in [0.25, 0.3) is 0 Å². The number of rotatable bonds is 2. The summed E-state index contributed by atoms with van der Waals surface area (Å²) in [5, 5.41) is 19.7. The van der Waals surface area contributed by atoms with Crippen molar-refractivity contribution in [1.29, 1.82) is 0 Å². The number of fused-ring (bicyclic) bond motifs is 3. The van der Waals surface area contributed by atoms with Crippen LogP contribution in [-0.4, -0.2) is 21.8 Å². The molecule has 0 saturated heterocycles. The lowest BCUT2D eigenvalue weighted by atomic mass is 9.51. The van der Waals surface area contributed by atoms with Crippen LogP contribution in [0.4, 0.5) is 0 Å². The standard InChI is InChI=1S/C12H20O3/c1-3-12(15)7-8-4-5-9(12)6-11(8,2)10(13)14/h8-9,15H,3-7H2,1-2H3,(H,13,14)/t8-,9-,11-,12-/m0/s1. The molecule has 3 rings (SSSR count). The maximum Gasteiger partial charge on any atom is 0.309 e. The predicted molar refractivity (Wildman–Crippen MR) is 56.4 cm³/mol. The monoisotopic (exact) mass is 212 g/mol. The van der Waals surface area contributed by atoms with Crippen molar-refractivity contribution in [1.82, 2.24) is 0 Å². The van der Waals surface area contributed by atoms with Crippen molar-refractivity contribution < 1.29 is 15.0 Å². The van der Waals surface area contributed by atoms with Gasteiger partial charge in [-0.25, -0.2) is 0 Å². The number of hydrogen-bond donors (Lipinski definition) is 2. The first-order valence-corrected chi connectivity index (χ1v) is 5.88. The third kappa shape index (κ3) is 1.40. The van der Waals surface area contributed by atoms with Gasteiger partial charge in [0.05, 0.1) is 11.0 Å². The van der Waals surface area contributed by atoms with Gasteiger partial charge in [-0.1, -0.05) is 6.92 Å². The zero-order chi connectivity index (χ0) is 11.3. The second kappa shape index (κ2) is 3.21. The molecule has 0 aromatic carbocycles. The zero-order valence-corrected chi connectivity index (χ0v) is 9.49. The smallest absolute Gasteiger partial charge is 0.309 e. The lowest BCUT2D eigenvalue weighted by Crippen LogP contribution is -2.56. The molecule has 3 fully saturated rings. The summed E-state index contributed by atoms with van der Waals surface area (Å²) in [6.07, 6.45) is 4.05. The van der Waals surface area contributed by atoms with Crippen LogP contribution >= 0.6 is 0 Å². The fourth-order valence-electron chi connectivity index (χ4n) is 3.58. The van der Waals surface area contributed by atoms with E-state index < -0.39 is 17.0 Å². The Hall–Kier alpha value is -0.570. The van der Waals surface area contributed by atoms with E-state index in [0.29, 0.717) is 12.8 Å². The van der Waals surface area contributed by atoms with E-state index in [9.17, 15) is 15.0 Å². The summed E-state index contributed by atoms with van der Waals surface area (Å²) in [4.78, 5) is 11.3. The molecular formula is C12H20O3. The van der Waals surface area contributed by atoms with Crippen molar-refractivity contribution in [2.75, 3.05) is 0 Å². The maximum absolute atomic E-state index is 11.3. The van der Waals surface area contributed by atoms with Gasteiger partial charge in [0, 0.05) is 0 Å². The van der Waals surface area contributed by atoms with Crippen LogP contribution in [-0.2, 0) is 4.79 Å². The molecule has 0 aromatic rings. The Morgan fingerprint density at radius 2 is 1.93 bits per heavy atom. The minimum Gasteiger partial charge on any atom is -0.481 e. The van der Waals surface area contributed by atoms with E-state index in [1.54, 1.807) is 0 Å². The normalized spacial score (nSPS) is 49.3. The number of carboxylic acids is 1. The molecule has 0 aliphatic heterocycles. The minimum absolute atomic E-state index is 0.157.